The molecule has 106 valence electrons. The second kappa shape index (κ2) is 6.32. The van der Waals surface area contributed by atoms with Crippen molar-refractivity contribution < 1.29 is 0 Å². The minimum atomic E-state index is 0.610. The van der Waals surface area contributed by atoms with Crippen LogP contribution in [0.3, 0.4) is 0 Å². The van der Waals surface area contributed by atoms with Crippen LogP contribution in [0.15, 0.2) is 48.9 Å². The van der Waals surface area contributed by atoms with E-state index in [-0.39, 0.29) is 0 Å². The number of pyridine rings is 2. The molecule has 6 heteroatoms. The number of aromatic nitrogens is 3. The van der Waals surface area contributed by atoms with E-state index in [0.717, 1.165) is 22.3 Å². The first-order chi connectivity index (χ1) is 10.3. The summed E-state index contributed by atoms with van der Waals surface area (Å²) < 4.78 is 0. The van der Waals surface area contributed by atoms with E-state index < -0.39 is 0 Å². The van der Waals surface area contributed by atoms with Crippen molar-refractivity contribution in [2.75, 3.05) is 0 Å². The Morgan fingerprint density at radius 1 is 1.05 bits per heavy atom. The first-order valence-electron chi connectivity index (χ1n) is 6.65. The number of aromatic amines is 1. The molecular formula is C15H15N5S. The summed E-state index contributed by atoms with van der Waals surface area (Å²) in [6, 6.07) is 9.78. The second-order valence-electron chi connectivity index (χ2n) is 4.57. The fourth-order valence-electron chi connectivity index (χ4n) is 2.07. The number of nitrogens with one attached hydrogen (secondary N) is 3. The highest BCUT2D eigenvalue weighted by molar-refractivity contribution is 7.80. The maximum absolute atomic E-state index is 5.27. The Kier molecular flexibility index (Phi) is 4.07. The average Bonchev–Trinajstić information content (AvgIpc) is 2.95. The molecule has 0 aliphatic carbocycles. The summed E-state index contributed by atoms with van der Waals surface area (Å²) in [5.41, 5.74) is 2.99. The van der Waals surface area contributed by atoms with E-state index in [2.05, 4.69) is 25.6 Å². The maximum Gasteiger partial charge on any atom is 0.166 e. The molecule has 5 nitrogen and oxygen atoms in total. The molecule has 0 aromatic carbocycles. The van der Waals surface area contributed by atoms with Gasteiger partial charge in [0.25, 0.3) is 0 Å². The van der Waals surface area contributed by atoms with Gasteiger partial charge in [-0.3, -0.25) is 4.98 Å². The van der Waals surface area contributed by atoms with Gasteiger partial charge in [0.1, 0.15) is 5.65 Å². The van der Waals surface area contributed by atoms with Crippen LogP contribution in [-0.4, -0.2) is 20.1 Å². The highest BCUT2D eigenvalue weighted by atomic mass is 32.1. The summed E-state index contributed by atoms with van der Waals surface area (Å²) in [7, 11) is 0. The van der Waals surface area contributed by atoms with Crippen LogP contribution in [-0.2, 0) is 13.1 Å². The molecule has 3 aromatic heterocycles. The molecule has 0 bridgehead atoms. The Labute approximate surface area is 127 Å². The topological polar surface area (TPSA) is 65.6 Å². The molecule has 0 unspecified atom stereocenters. The van der Waals surface area contributed by atoms with Crippen LogP contribution in [0.2, 0.25) is 0 Å². The van der Waals surface area contributed by atoms with Crippen LogP contribution < -0.4 is 10.6 Å². The van der Waals surface area contributed by atoms with Crippen LogP contribution in [0.25, 0.3) is 11.0 Å². The molecule has 3 rings (SSSR count). The molecule has 0 radical (unpaired) electrons. The summed E-state index contributed by atoms with van der Waals surface area (Å²) in [5, 5.41) is 8.05. The van der Waals surface area contributed by atoms with Gasteiger partial charge in [-0.05, 0) is 42.0 Å². The minimum absolute atomic E-state index is 0.610. The molecule has 3 aromatic rings. The molecule has 0 spiro atoms. The normalized spacial score (nSPS) is 10.5. The van der Waals surface area contributed by atoms with E-state index in [1.54, 1.807) is 12.4 Å². The molecule has 0 atom stereocenters. The number of hydrogen-bond donors (Lipinski definition) is 3. The molecule has 0 aliphatic heterocycles. The van der Waals surface area contributed by atoms with E-state index >= 15 is 0 Å². The highest BCUT2D eigenvalue weighted by Gasteiger charge is 2.04. The Balaban J connectivity index is 1.54. The smallest absolute Gasteiger partial charge is 0.166 e. The summed E-state index contributed by atoms with van der Waals surface area (Å²) in [6.07, 6.45) is 5.49. The molecule has 3 heterocycles. The molecule has 21 heavy (non-hydrogen) atoms. The zero-order chi connectivity index (χ0) is 14.5. The first kappa shape index (κ1) is 13.5. The van der Waals surface area contributed by atoms with Gasteiger partial charge in [-0.2, -0.15) is 0 Å². The standard InChI is InChI=1S/C15H15N5S/c21-15(20-10-12-4-1-2-6-16-12)19-9-11-8-18-14-13(11)5-3-7-17-14/h1-8H,9-10H2,(H,17,18)(H2,19,20,21). The number of rotatable bonds is 4. The maximum atomic E-state index is 5.27. The monoisotopic (exact) mass is 297 g/mol. The molecule has 0 fully saturated rings. The van der Waals surface area contributed by atoms with Crippen molar-refractivity contribution >= 4 is 28.4 Å². The third kappa shape index (κ3) is 3.35. The van der Waals surface area contributed by atoms with E-state index in [0.29, 0.717) is 18.2 Å². The summed E-state index contributed by atoms with van der Waals surface area (Å²) >= 11 is 5.27. The van der Waals surface area contributed by atoms with Crippen molar-refractivity contribution in [1.29, 1.82) is 0 Å². The summed E-state index contributed by atoms with van der Waals surface area (Å²) in [4.78, 5) is 11.6. The van der Waals surface area contributed by atoms with Crippen molar-refractivity contribution in [3.05, 3.63) is 60.2 Å². The predicted molar refractivity (Wildman–Crippen MR) is 86.6 cm³/mol. The average molecular weight is 297 g/mol. The zero-order valence-corrected chi connectivity index (χ0v) is 12.2. The fourth-order valence-corrected chi connectivity index (χ4v) is 2.21. The van der Waals surface area contributed by atoms with E-state index in [1.165, 1.54) is 0 Å². The van der Waals surface area contributed by atoms with Gasteiger partial charge in [0.15, 0.2) is 5.11 Å². The number of hydrogen-bond acceptors (Lipinski definition) is 3. The molecule has 0 aliphatic rings. The number of fused-ring (bicyclic) bond motifs is 1. The van der Waals surface area contributed by atoms with Gasteiger partial charge in [0.05, 0.1) is 12.2 Å². The lowest BCUT2D eigenvalue weighted by Crippen LogP contribution is -2.34. The van der Waals surface area contributed by atoms with Crippen molar-refractivity contribution in [3.63, 3.8) is 0 Å². The largest absolute Gasteiger partial charge is 0.359 e. The lowest BCUT2D eigenvalue weighted by atomic mass is 10.2. The Hall–Kier alpha value is -2.47. The van der Waals surface area contributed by atoms with Crippen molar-refractivity contribution in [2.45, 2.75) is 13.1 Å². The Morgan fingerprint density at radius 2 is 1.90 bits per heavy atom. The number of H-pyrrole nitrogens is 1. The zero-order valence-electron chi connectivity index (χ0n) is 11.3. The lowest BCUT2D eigenvalue weighted by Gasteiger charge is -2.09. The number of thiocarbonyl (C=S) groups is 1. The van der Waals surface area contributed by atoms with Crippen molar-refractivity contribution in [2.24, 2.45) is 0 Å². The van der Waals surface area contributed by atoms with E-state index in [1.807, 2.05) is 36.5 Å². The van der Waals surface area contributed by atoms with Crippen LogP contribution >= 0.6 is 12.2 Å². The second-order valence-corrected chi connectivity index (χ2v) is 4.98. The van der Waals surface area contributed by atoms with Gasteiger partial charge in [-0.15, -0.1) is 0 Å². The van der Waals surface area contributed by atoms with Gasteiger partial charge in [-0.1, -0.05) is 6.07 Å². The quantitative estimate of drug-likeness (QED) is 0.644. The summed E-state index contributed by atoms with van der Waals surface area (Å²) in [6.45, 7) is 1.27. The van der Waals surface area contributed by atoms with E-state index in [9.17, 15) is 0 Å². The van der Waals surface area contributed by atoms with Crippen molar-refractivity contribution in [1.82, 2.24) is 25.6 Å². The SMILES string of the molecule is S=C(NCc1ccccn1)NCc1c[nH]c2ncccc12. The molecule has 0 amide bonds. The Bertz CT molecular complexity index is 738. The predicted octanol–water partition coefficient (Wildman–Crippen LogP) is 2.12. The van der Waals surface area contributed by atoms with Gasteiger partial charge in [0, 0.05) is 30.5 Å². The van der Waals surface area contributed by atoms with Gasteiger partial charge in [0.2, 0.25) is 0 Å². The van der Waals surface area contributed by atoms with Gasteiger partial charge >= 0.3 is 0 Å². The van der Waals surface area contributed by atoms with Crippen LogP contribution in [0.1, 0.15) is 11.3 Å². The molecular weight excluding hydrogens is 282 g/mol. The highest BCUT2D eigenvalue weighted by Crippen LogP contribution is 2.14. The third-order valence-electron chi connectivity index (χ3n) is 3.13. The summed E-state index contributed by atoms with van der Waals surface area (Å²) in [5.74, 6) is 0. The fraction of sp³-hybridized carbons (Fsp3) is 0.133. The minimum Gasteiger partial charge on any atom is -0.359 e. The first-order valence-corrected chi connectivity index (χ1v) is 7.06. The molecule has 3 N–H and O–H groups in total. The van der Waals surface area contributed by atoms with Crippen molar-refractivity contribution in [3.8, 4) is 0 Å². The molecule has 0 saturated heterocycles. The van der Waals surface area contributed by atoms with E-state index in [4.69, 9.17) is 12.2 Å². The van der Waals surface area contributed by atoms with Crippen LogP contribution in [0, 0.1) is 0 Å². The third-order valence-corrected chi connectivity index (χ3v) is 3.42. The van der Waals surface area contributed by atoms with Gasteiger partial charge in [-0.25, -0.2) is 4.98 Å². The Morgan fingerprint density at radius 3 is 2.76 bits per heavy atom. The van der Waals surface area contributed by atoms with Gasteiger partial charge < -0.3 is 15.6 Å². The van der Waals surface area contributed by atoms with Crippen LogP contribution in [0.4, 0.5) is 0 Å². The number of nitrogens with zero attached hydrogens (tertiary/aromatic N) is 2. The van der Waals surface area contributed by atoms with Crippen LogP contribution in [0.5, 0.6) is 0 Å². The lowest BCUT2D eigenvalue weighted by molar-refractivity contribution is 0.818. The molecule has 0 saturated carbocycles.